The van der Waals surface area contributed by atoms with Gasteiger partial charge < -0.3 is 15.5 Å². The molecule has 3 N–H and O–H groups in total. The number of carbonyl (C=O) groups excluding carboxylic acids is 1. The zero-order chi connectivity index (χ0) is 30.8. The van der Waals surface area contributed by atoms with Crippen molar-refractivity contribution in [2.75, 3.05) is 6.61 Å². The van der Waals surface area contributed by atoms with Crippen LogP contribution < -0.4 is 5.32 Å². The number of aliphatic hydroxyl groups excluding tert-OH is 2. The summed E-state index contributed by atoms with van der Waals surface area (Å²) in [4.78, 5) is 12.3. The normalized spacial score (nSPS) is 13.5. The number of nitrogens with one attached hydrogen (secondary N) is 1. The molecule has 0 bridgehead atoms. The standard InChI is InChI=1S/C38H71NO3/c1-3-5-7-9-11-13-15-17-18-19-20-21-22-24-26-28-30-32-34-38(42)39-36(35-40)37(41)33-31-29-27-25-23-16-14-12-10-8-6-4-2/h20-21,23,25,31,33,36-37,40-41H,3-19,22,24,26-30,32,34-35H2,1-2H3,(H,39,42)/b21-20-,25-23+,33-31+. The highest BCUT2D eigenvalue weighted by Crippen LogP contribution is 2.12. The van der Waals surface area contributed by atoms with Crippen molar-refractivity contribution in [3.63, 3.8) is 0 Å². The van der Waals surface area contributed by atoms with Crippen molar-refractivity contribution in [1.29, 1.82) is 0 Å². The van der Waals surface area contributed by atoms with Crippen LogP contribution in [0, 0.1) is 0 Å². The van der Waals surface area contributed by atoms with E-state index in [1.54, 1.807) is 6.08 Å². The van der Waals surface area contributed by atoms with E-state index in [4.69, 9.17) is 0 Å². The molecule has 1 amide bonds. The van der Waals surface area contributed by atoms with E-state index in [2.05, 4.69) is 43.5 Å². The molecule has 0 rings (SSSR count). The second-order valence-corrected chi connectivity index (χ2v) is 12.3. The van der Waals surface area contributed by atoms with Gasteiger partial charge in [-0.3, -0.25) is 4.79 Å². The number of carbonyl (C=O) groups is 1. The molecule has 0 heterocycles. The van der Waals surface area contributed by atoms with Crippen LogP contribution in [0.3, 0.4) is 0 Å². The summed E-state index contributed by atoms with van der Waals surface area (Å²) in [5.74, 6) is -0.0847. The summed E-state index contributed by atoms with van der Waals surface area (Å²) in [6, 6.07) is -0.640. The lowest BCUT2D eigenvalue weighted by Crippen LogP contribution is -2.45. The van der Waals surface area contributed by atoms with Gasteiger partial charge >= 0.3 is 0 Å². The summed E-state index contributed by atoms with van der Waals surface area (Å²) in [7, 11) is 0. The van der Waals surface area contributed by atoms with E-state index in [0.717, 1.165) is 44.9 Å². The Labute approximate surface area is 261 Å². The van der Waals surface area contributed by atoms with Crippen molar-refractivity contribution >= 4 is 5.91 Å². The number of allylic oxidation sites excluding steroid dienone is 5. The Morgan fingerprint density at radius 3 is 1.38 bits per heavy atom. The van der Waals surface area contributed by atoms with Crippen molar-refractivity contribution in [2.24, 2.45) is 0 Å². The lowest BCUT2D eigenvalue weighted by atomic mass is 10.1. The van der Waals surface area contributed by atoms with Gasteiger partial charge in [-0.15, -0.1) is 0 Å². The van der Waals surface area contributed by atoms with Gasteiger partial charge in [-0.2, -0.15) is 0 Å². The first-order valence-electron chi connectivity index (χ1n) is 18.2. The molecule has 0 saturated carbocycles. The van der Waals surface area contributed by atoms with Gasteiger partial charge in [0.1, 0.15) is 0 Å². The molecule has 0 aromatic rings. The number of hydrogen-bond acceptors (Lipinski definition) is 3. The zero-order valence-corrected chi connectivity index (χ0v) is 28.0. The first-order valence-corrected chi connectivity index (χ1v) is 18.2. The van der Waals surface area contributed by atoms with Crippen molar-refractivity contribution in [3.05, 3.63) is 36.5 Å². The van der Waals surface area contributed by atoms with E-state index in [9.17, 15) is 15.0 Å². The highest BCUT2D eigenvalue weighted by Gasteiger charge is 2.17. The van der Waals surface area contributed by atoms with Crippen LogP contribution in [0.1, 0.15) is 181 Å². The van der Waals surface area contributed by atoms with Crippen LogP contribution >= 0.6 is 0 Å². The largest absolute Gasteiger partial charge is 0.394 e. The zero-order valence-electron chi connectivity index (χ0n) is 28.0. The fraction of sp³-hybridized carbons (Fsp3) is 0.816. The van der Waals surface area contributed by atoms with Gasteiger partial charge in [0.05, 0.1) is 18.8 Å². The average Bonchev–Trinajstić information content (AvgIpc) is 2.99. The molecule has 2 atom stereocenters. The predicted octanol–water partition coefficient (Wildman–Crippen LogP) is 10.7. The number of unbranched alkanes of at least 4 members (excludes halogenated alkanes) is 21. The smallest absolute Gasteiger partial charge is 0.220 e. The lowest BCUT2D eigenvalue weighted by molar-refractivity contribution is -0.123. The Kier molecular flexibility index (Phi) is 33.0. The molecule has 0 aliphatic heterocycles. The molecule has 0 fully saturated rings. The summed E-state index contributed by atoms with van der Waals surface area (Å²) in [5.41, 5.74) is 0. The fourth-order valence-corrected chi connectivity index (χ4v) is 5.25. The number of rotatable bonds is 32. The second kappa shape index (κ2) is 34.1. The van der Waals surface area contributed by atoms with Crippen molar-refractivity contribution in [3.8, 4) is 0 Å². The van der Waals surface area contributed by atoms with E-state index < -0.39 is 12.1 Å². The van der Waals surface area contributed by atoms with Crippen molar-refractivity contribution < 1.29 is 15.0 Å². The molecule has 2 unspecified atom stereocenters. The van der Waals surface area contributed by atoms with Gasteiger partial charge in [-0.1, -0.05) is 153 Å². The van der Waals surface area contributed by atoms with E-state index in [1.807, 2.05) is 6.08 Å². The van der Waals surface area contributed by atoms with Crippen molar-refractivity contribution in [2.45, 2.75) is 193 Å². The maximum absolute atomic E-state index is 12.3. The molecule has 0 spiro atoms. The van der Waals surface area contributed by atoms with Crippen LogP contribution in [0.5, 0.6) is 0 Å². The Bertz CT molecular complexity index is 642. The molecular formula is C38H71NO3. The third kappa shape index (κ3) is 30.1. The number of aliphatic hydroxyl groups is 2. The second-order valence-electron chi connectivity index (χ2n) is 12.3. The summed E-state index contributed by atoms with van der Waals surface area (Å²) in [6.07, 6.45) is 43.7. The summed E-state index contributed by atoms with van der Waals surface area (Å²) >= 11 is 0. The molecule has 246 valence electrons. The summed E-state index contributed by atoms with van der Waals surface area (Å²) < 4.78 is 0. The number of hydrogen-bond donors (Lipinski definition) is 3. The van der Waals surface area contributed by atoms with Gasteiger partial charge in [0.25, 0.3) is 0 Å². The average molecular weight is 590 g/mol. The molecule has 0 aromatic carbocycles. The minimum atomic E-state index is -0.862. The van der Waals surface area contributed by atoms with Gasteiger partial charge in [0, 0.05) is 6.42 Å². The molecule has 4 nitrogen and oxygen atoms in total. The molecule has 0 aliphatic carbocycles. The highest BCUT2D eigenvalue weighted by atomic mass is 16.3. The molecule has 4 heteroatoms. The van der Waals surface area contributed by atoms with Gasteiger partial charge in [-0.25, -0.2) is 0 Å². The molecular weight excluding hydrogens is 518 g/mol. The molecule has 0 radical (unpaired) electrons. The molecule has 0 aliphatic rings. The van der Waals surface area contributed by atoms with E-state index in [1.165, 1.54) is 116 Å². The first kappa shape index (κ1) is 40.6. The minimum absolute atomic E-state index is 0.0847. The molecule has 42 heavy (non-hydrogen) atoms. The first-order chi connectivity index (χ1) is 20.7. The van der Waals surface area contributed by atoms with Crippen molar-refractivity contribution in [1.82, 2.24) is 5.32 Å². The Morgan fingerprint density at radius 1 is 0.548 bits per heavy atom. The highest BCUT2D eigenvalue weighted by molar-refractivity contribution is 5.76. The van der Waals surface area contributed by atoms with Gasteiger partial charge in [0.2, 0.25) is 5.91 Å². The Balaban J connectivity index is 3.67. The van der Waals surface area contributed by atoms with Crippen LogP contribution in [0.4, 0.5) is 0 Å². The van der Waals surface area contributed by atoms with Gasteiger partial charge in [-0.05, 0) is 57.8 Å². The number of amides is 1. The molecule has 0 aromatic heterocycles. The van der Waals surface area contributed by atoms with Crippen LogP contribution in [-0.2, 0) is 4.79 Å². The monoisotopic (exact) mass is 590 g/mol. The summed E-state index contributed by atoms with van der Waals surface area (Å²) in [6.45, 7) is 4.26. The summed E-state index contributed by atoms with van der Waals surface area (Å²) in [5, 5.41) is 22.8. The lowest BCUT2D eigenvalue weighted by Gasteiger charge is -2.19. The van der Waals surface area contributed by atoms with Crippen LogP contribution in [0.15, 0.2) is 36.5 Å². The molecule has 0 saturated heterocycles. The van der Waals surface area contributed by atoms with E-state index >= 15 is 0 Å². The Morgan fingerprint density at radius 2 is 0.929 bits per heavy atom. The van der Waals surface area contributed by atoms with Crippen LogP contribution in [-0.4, -0.2) is 34.9 Å². The predicted molar refractivity (Wildman–Crippen MR) is 184 cm³/mol. The Hall–Kier alpha value is -1.39. The SMILES string of the molecule is CCCCCCCC/C=C/CC/C=C/C(O)C(CO)NC(=O)CCCCCCC/C=C\CCCCCCCCCCC. The van der Waals surface area contributed by atoms with E-state index in [-0.39, 0.29) is 12.5 Å². The third-order valence-electron chi connectivity index (χ3n) is 8.10. The van der Waals surface area contributed by atoms with Gasteiger partial charge in [0.15, 0.2) is 0 Å². The third-order valence-corrected chi connectivity index (χ3v) is 8.10. The minimum Gasteiger partial charge on any atom is -0.394 e. The topological polar surface area (TPSA) is 69.6 Å². The van der Waals surface area contributed by atoms with Crippen LogP contribution in [0.2, 0.25) is 0 Å². The maximum atomic E-state index is 12.3. The fourth-order valence-electron chi connectivity index (χ4n) is 5.25. The van der Waals surface area contributed by atoms with E-state index in [0.29, 0.717) is 6.42 Å². The quantitative estimate of drug-likeness (QED) is 0.0540. The maximum Gasteiger partial charge on any atom is 0.220 e. The van der Waals surface area contributed by atoms with Crippen LogP contribution in [0.25, 0.3) is 0 Å².